The Bertz CT molecular complexity index is 1810. The molecule has 1 unspecified atom stereocenters. The third kappa shape index (κ3) is 9.01. The lowest BCUT2D eigenvalue weighted by atomic mass is 9.84. The van der Waals surface area contributed by atoms with Gasteiger partial charge in [-0.25, -0.2) is 9.78 Å². The van der Waals surface area contributed by atoms with Crippen LogP contribution < -0.4 is 10.6 Å². The molecule has 2 heterocycles. The van der Waals surface area contributed by atoms with Gasteiger partial charge in [0, 0.05) is 29.1 Å². The highest BCUT2D eigenvalue weighted by molar-refractivity contribution is 7.99. The summed E-state index contributed by atoms with van der Waals surface area (Å²) >= 11 is 1.63. The number of aliphatic hydroxyl groups excluding tert-OH is 1. The van der Waals surface area contributed by atoms with E-state index in [2.05, 4.69) is 27.8 Å². The maximum atomic E-state index is 13.1. The zero-order valence-corrected chi connectivity index (χ0v) is 28.0. The number of carbonyl (C=O) groups is 2. The Balaban J connectivity index is 1.26. The second-order valence-electron chi connectivity index (χ2n) is 12.0. The number of aromatic nitrogens is 1. The number of rotatable bonds is 12. The number of hydrogen-bond donors (Lipinski definition) is 3. The first-order chi connectivity index (χ1) is 24.0. The Morgan fingerprint density at radius 1 is 0.796 bits per heavy atom. The number of thioether (sulfide) groups is 1. The molecule has 9 heteroatoms. The third-order valence-corrected chi connectivity index (χ3v) is 9.53. The van der Waals surface area contributed by atoms with Crippen LogP contribution >= 0.6 is 11.8 Å². The number of Topliss-reactive ketones (excluding diaryl/α,β-unsaturated/α-hetero) is 1. The second-order valence-corrected chi connectivity index (χ2v) is 13.0. The number of nitrogens with one attached hydrogen (secondary N) is 2. The molecule has 0 bridgehead atoms. The van der Waals surface area contributed by atoms with Gasteiger partial charge in [-0.15, -0.1) is 11.8 Å². The molecule has 1 aliphatic rings. The molecular formula is C40H39N3O5S. The van der Waals surface area contributed by atoms with Crippen LogP contribution in [0.2, 0.25) is 0 Å². The Kier molecular flexibility index (Phi) is 11.5. The van der Waals surface area contributed by atoms with E-state index in [1.165, 1.54) is 6.92 Å². The van der Waals surface area contributed by atoms with Crippen molar-refractivity contribution in [2.75, 3.05) is 11.1 Å². The van der Waals surface area contributed by atoms with Crippen molar-refractivity contribution in [1.82, 2.24) is 10.3 Å². The van der Waals surface area contributed by atoms with Gasteiger partial charge in [0.2, 0.25) is 0 Å². The molecule has 0 spiro atoms. The van der Waals surface area contributed by atoms with Gasteiger partial charge in [0.1, 0.15) is 0 Å². The molecule has 3 N–H and O–H groups in total. The maximum Gasteiger partial charge on any atom is 0.319 e. The van der Waals surface area contributed by atoms with Gasteiger partial charge >= 0.3 is 6.03 Å². The molecule has 6 rings (SSSR count). The Labute approximate surface area is 290 Å². The van der Waals surface area contributed by atoms with E-state index in [4.69, 9.17) is 9.47 Å². The summed E-state index contributed by atoms with van der Waals surface area (Å²) in [5.74, 6) is 0.349. The van der Waals surface area contributed by atoms with Crippen molar-refractivity contribution >= 4 is 29.3 Å². The number of pyridine rings is 1. The van der Waals surface area contributed by atoms with Gasteiger partial charge < -0.3 is 25.2 Å². The number of ketones is 1. The zero-order chi connectivity index (χ0) is 34.0. The van der Waals surface area contributed by atoms with Gasteiger partial charge in [-0.2, -0.15) is 0 Å². The van der Waals surface area contributed by atoms with Crippen LogP contribution in [0.25, 0.3) is 0 Å². The predicted octanol–water partition coefficient (Wildman–Crippen LogP) is 7.63. The van der Waals surface area contributed by atoms with E-state index in [9.17, 15) is 14.7 Å². The first-order valence-corrected chi connectivity index (χ1v) is 17.3. The molecule has 250 valence electrons. The summed E-state index contributed by atoms with van der Waals surface area (Å²) < 4.78 is 13.6. The first kappa shape index (κ1) is 34.1. The van der Waals surface area contributed by atoms with Crippen molar-refractivity contribution in [3.8, 4) is 0 Å². The van der Waals surface area contributed by atoms with Crippen LogP contribution in [0.1, 0.15) is 53.1 Å². The topological polar surface area (TPSA) is 110 Å². The highest BCUT2D eigenvalue weighted by atomic mass is 32.2. The first-order valence-electron chi connectivity index (χ1n) is 16.3. The van der Waals surface area contributed by atoms with Gasteiger partial charge in [-0.05, 0) is 59.9 Å². The molecule has 1 fully saturated rings. The van der Waals surface area contributed by atoms with E-state index < -0.39 is 18.4 Å². The van der Waals surface area contributed by atoms with Gasteiger partial charge in [-0.1, -0.05) is 103 Å². The van der Waals surface area contributed by atoms with E-state index in [1.54, 1.807) is 24.0 Å². The van der Waals surface area contributed by atoms with Crippen molar-refractivity contribution in [2.45, 2.75) is 55.4 Å². The largest absolute Gasteiger partial charge is 0.392 e. The summed E-state index contributed by atoms with van der Waals surface area (Å²) in [6.45, 7) is 1.43. The summed E-state index contributed by atoms with van der Waals surface area (Å²) in [6.07, 6.45) is 0.784. The SMILES string of the molecule is CC(=O)[C@@H](Cc1ccccc1)NC(=O)Nc1cccc(C2O[C@H](CSc3ccccn3)[C@@H](c3ccccc3)[C@H](c3ccc(CO)cc3)O2)c1. The molecule has 1 aromatic heterocycles. The predicted molar refractivity (Wildman–Crippen MR) is 191 cm³/mol. The number of amides is 2. The van der Waals surface area contributed by atoms with Crippen LogP contribution in [0.15, 0.2) is 139 Å². The Hall–Kier alpha value is -4.80. The van der Waals surface area contributed by atoms with Crippen molar-refractivity contribution in [3.05, 3.63) is 161 Å². The van der Waals surface area contributed by atoms with Crippen molar-refractivity contribution in [1.29, 1.82) is 0 Å². The van der Waals surface area contributed by atoms with Gasteiger partial charge in [-0.3, -0.25) is 4.79 Å². The summed E-state index contributed by atoms with van der Waals surface area (Å²) in [7, 11) is 0. The molecule has 1 saturated heterocycles. The summed E-state index contributed by atoms with van der Waals surface area (Å²) in [4.78, 5) is 30.0. The number of aliphatic hydroxyl groups is 1. The Morgan fingerprint density at radius 2 is 1.51 bits per heavy atom. The van der Waals surface area contributed by atoms with E-state index in [0.29, 0.717) is 17.9 Å². The smallest absolute Gasteiger partial charge is 0.319 e. The number of benzene rings is 4. The van der Waals surface area contributed by atoms with Crippen LogP contribution in [0.5, 0.6) is 0 Å². The van der Waals surface area contributed by atoms with Crippen molar-refractivity contribution in [3.63, 3.8) is 0 Å². The quantitative estimate of drug-likeness (QED) is 0.117. The fourth-order valence-corrected chi connectivity index (χ4v) is 6.92. The Morgan fingerprint density at radius 3 is 2.20 bits per heavy atom. The molecule has 5 aromatic rings. The standard InChI is InChI=1S/C40H39N3O5S/c1-27(45)34(23-28-11-4-2-5-12-28)43-40(46)42-33-16-10-15-32(24-33)39-47-35(26-49-36-17-8-9-22-41-36)37(30-13-6-3-7-14-30)38(48-39)31-20-18-29(25-44)19-21-31/h2-22,24,34-35,37-39,44H,23,25-26H2,1H3,(H2,42,43,46)/t34-,35-,37-,38+,39?/m1/s1. The number of anilines is 1. The highest BCUT2D eigenvalue weighted by Gasteiger charge is 2.42. The molecule has 49 heavy (non-hydrogen) atoms. The lowest BCUT2D eigenvalue weighted by molar-refractivity contribution is -0.255. The molecule has 0 aliphatic carbocycles. The normalized spacial score (nSPS) is 19.5. The zero-order valence-electron chi connectivity index (χ0n) is 27.1. The highest BCUT2D eigenvalue weighted by Crippen LogP contribution is 2.48. The number of carbonyl (C=O) groups excluding carboxylic acids is 2. The summed E-state index contributed by atoms with van der Waals surface area (Å²) in [5, 5.41) is 16.3. The van der Waals surface area contributed by atoms with Gasteiger partial charge in [0.25, 0.3) is 0 Å². The number of urea groups is 1. The number of nitrogens with zero attached hydrogens (tertiary/aromatic N) is 1. The molecule has 0 radical (unpaired) electrons. The van der Waals surface area contributed by atoms with E-state index in [0.717, 1.165) is 32.8 Å². The minimum Gasteiger partial charge on any atom is -0.392 e. The van der Waals surface area contributed by atoms with Gasteiger partial charge in [0.05, 0.1) is 29.9 Å². The molecule has 2 amide bonds. The third-order valence-electron chi connectivity index (χ3n) is 8.50. The second kappa shape index (κ2) is 16.5. The molecule has 1 aliphatic heterocycles. The molecule has 0 saturated carbocycles. The summed E-state index contributed by atoms with van der Waals surface area (Å²) in [5.41, 5.74) is 5.11. The van der Waals surface area contributed by atoms with Crippen LogP contribution in [0.3, 0.4) is 0 Å². The maximum absolute atomic E-state index is 13.1. The fraction of sp³-hybridized carbons (Fsp3) is 0.225. The van der Waals surface area contributed by atoms with E-state index in [1.807, 2.05) is 109 Å². The monoisotopic (exact) mass is 673 g/mol. The van der Waals surface area contributed by atoms with Crippen molar-refractivity contribution < 1.29 is 24.2 Å². The minimum atomic E-state index is -0.746. The number of hydrogen-bond acceptors (Lipinski definition) is 7. The van der Waals surface area contributed by atoms with Crippen LogP contribution in [-0.4, -0.2) is 39.8 Å². The average molecular weight is 674 g/mol. The van der Waals surface area contributed by atoms with E-state index >= 15 is 0 Å². The van der Waals surface area contributed by atoms with Crippen LogP contribution in [-0.2, 0) is 27.3 Å². The van der Waals surface area contributed by atoms with Gasteiger partial charge in [0.15, 0.2) is 12.1 Å². The lowest BCUT2D eigenvalue weighted by Gasteiger charge is -2.43. The summed E-state index contributed by atoms with van der Waals surface area (Å²) in [6, 6.07) is 39.8. The molecule has 5 atom stereocenters. The average Bonchev–Trinajstić information content (AvgIpc) is 3.14. The minimum absolute atomic E-state index is 0.0459. The molecule has 4 aromatic carbocycles. The van der Waals surface area contributed by atoms with Crippen molar-refractivity contribution in [2.24, 2.45) is 0 Å². The fourth-order valence-electron chi connectivity index (χ4n) is 5.99. The van der Waals surface area contributed by atoms with Crippen LogP contribution in [0, 0.1) is 0 Å². The molecular weight excluding hydrogens is 635 g/mol. The molecule has 8 nitrogen and oxygen atoms in total. The lowest BCUT2D eigenvalue weighted by Crippen LogP contribution is -2.43. The number of ether oxygens (including phenoxy) is 2. The van der Waals surface area contributed by atoms with E-state index in [-0.39, 0.29) is 30.5 Å². The van der Waals surface area contributed by atoms with Crippen LogP contribution in [0.4, 0.5) is 10.5 Å².